The van der Waals surface area contributed by atoms with Gasteiger partial charge in [0.1, 0.15) is 31.0 Å². The van der Waals surface area contributed by atoms with Gasteiger partial charge >= 0.3 is 17.9 Å². The standard InChI is InChI=1S/C22H30O13/c1-30-14(24)5-6-15(25)32-8-10-3-4-11-12(20(29)31-2)9-33-21(16(10)11)35-22-19(28)18(27)17(26)13(7-23)34-22/h3,9,11,13,16-19,21-23,26-28H,4-8H2,1-2H3/t11-,13-,16-,17-,18+,19-,21+,22+/m1/s1. The second-order valence-electron chi connectivity index (χ2n) is 8.29. The van der Waals surface area contributed by atoms with E-state index in [0.717, 1.165) is 0 Å². The molecule has 13 nitrogen and oxygen atoms in total. The van der Waals surface area contributed by atoms with Crippen LogP contribution in [0.1, 0.15) is 19.3 Å². The Kier molecular flexibility index (Phi) is 9.21. The van der Waals surface area contributed by atoms with Crippen LogP contribution in [0.2, 0.25) is 0 Å². The van der Waals surface area contributed by atoms with Gasteiger partial charge < -0.3 is 48.8 Å². The van der Waals surface area contributed by atoms with Gasteiger partial charge in [0.15, 0.2) is 6.29 Å². The number of carbonyl (C=O) groups excluding carboxylic acids is 3. The predicted molar refractivity (Wildman–Crippen MR) is 112 cm³/mol. The van der Waals surface area contributed by atoms with Crippen LogP contribution in [0.4, 0.5) is 0 Å². The van der Waals surface area contributed by atoms with E-state index in [1.807, 2.05) is 0 Å². The van der Waals surface area contributed by atoms with Crippen molar-refractivity contribution in [3.05, 3.63) is 23.5 Å². The van der Waals surface area contributed by atoms with E-state index >= 15 is 0 Å². The molecule has 1 fully saturated rings. The molecule has 2 heterocycles. The van der Waals surface area contributed by atoms with Crippen LogP contribution in [0, 0.1) is 11.8 Å². The number of aliphatic hydroxyl groups excluding tert-OH is 4. The molecule has 196 valence electrons. The molecule has 3 aliphatic rings. The maximum atomic E-state index is 12.3. The van der Waals surface area contributed by atoms with E-state index in [9.17, 15) is 34.8 Å². The fourth-order valence-corrected chi connectivity index (χ4v) is 4.26. The Bertz CT molecular complexity index is 850. The van der Waals surface area contributed by atoms with Gasteiger partial charge in [0.05, 0.1) is 51.4 Å². The zero-order chi connectivity index (χ0) is 25.7. The first-order chi connectivity index (χ1) is 16.7. The van der Waals surface area contributed by atoms with Crippen molar-refractivity contribution in [2.75, 3.05) is 27.4 Å². The van der Waals surface area contributed by atoms with Gasteiger partial charge in [-0.1, -0.05) is 6.08 Å². The van der Waals surface area contributed by atoms with E-state index in [-0.39, 0.29) is 25.0 Å². The first-order valence-corrected chi connectivity index (χ1v) is 11.0. The fraction of sp³-hybridized carbons (Fsp3) is 0.682. The summed E-state index contributed by atoms with van der Waals surface area (Å²) >= 11 is 0. The van der Waals surface area contributed by atoms with Crippen LogP contribution in [0.3, 0.4) is 0 Å². The number of hydrogen-bond acceptors (Lipinski definition) is 13. The minimum absolute atomic E-state index is 0.137. The molecule has 35 heavy (non-hydrogen) atoms. The molecule has 1 aliphatic carbocycles. The molecule has 0 radical (unpaired) electrons. The lowest BCUT2D eigenvalue weighted by atomic mass is 9.83. The largest absolute Gasteiger partial charge is 0.471 e. The zero-order valence-electron chi connectivity index (χ0n) is 19.3. The van der Waals surface area contributed by atoms with Crippen molar-refractivity contribution in [1.29, 1.82) is 0 Å². The highest BCUT2D eigenvalue weighted by Crippen LogP contribution is 2.44. The Labute approximate surface area is 200 Å². The van der Waals surface area contributed by atoms with Gasteiger partial charge in [0.25, 0.3) is 0 Å². The highest BCUT2D eigenvalue weighted by molar-refractivity contribution is 5.89. The van der Waals surface area contributed by atoms with Crippen LogP contribution in [0.5, 0.6) is 0 Å². The molecule has 8 atom stereocenters. The molecule has 0 spiro atoms. The molecule has 0 aromatic rings. The van der Waals surface area contributed by atoms with Crippen LogP contribution >= 0.6 is 0 Å². The number of rotatable bonds is 9. The van der Waals surface area contributed by atoms with Gasteiger partial charge in [0, 0.05) is 5.92 Å². The topological polar surface area (TPSA) is 188 Å². The smallest absolute Gasteiger partial charge is 0.337 e. The first-order valence-electron chi connectivity index (χ1n) is 11.0. The number of esters is 3. The van der Waals surface area contributed by atoms with Crippen molar-refractivity contribution in [3.63, 3.8) is 0 Å². The van der Waals surface area contributed by atoms with Crippen molar-refractivity contribution in [2.24, 2.45) is 11.8 Å². The normalized spacial score (nSPS) is 34.1. The van der Waals surface area contributed by atoms with E-state index in [0.29, 0.717) is 12.0 Å². The molecule has 0 bridgehead atoms. The highest BCUT2D eigenvalue weighted by Gasteiger charge is 2.50. The maximum Gasteiger partial charge on any atom is 0.337 e. The molecule has 0 amide bonds. The van der Waals surface area contributed by atoms with Crippen LogP contribution in [0.25, 0.3) is 0 Å². The third kappa shape index (κ3) is 6.00. The highest BCUT2D eigenvalue weighted by atomic mass is 16.8. The van der Waals surface area contributed by atoms with Crippen LogP contribution in [-0.2, 0) is 42.8 Å². The third-order valence-electron chi connectivity index (χ3n) is 6.22. The minimum Gasteiger partial charge on any atom is -0.471 e. The number of hydrogen-bond donors (Lipinski definition) is 4. The van der Waals surface area contributed by atoms with Gasteiger partial charge in [-0.15, -0.1) is 0 Å². The van der Waals surface area contributed by atoms with Gasteiger partial charge in [0.2, 0.25) is 6.29 Å². The van der Waals surface area contributed by atoms with Crippen LogP contribution < -0.4 is 0 Å². The molecule has 0 aromatic carbocycles. The number of ether oxygens (including phenoxy) is 6. The van der Waals surface area contributed by atoms with Crippen LogP contribution in [-0.4, -0.2) is 103 Å². The first kappa shape index (κ1) is 27.0. The van der Waals surface area contributed by atoms with Gasteiger partial charge in [-0.2, -0.15) is 0 Å². The monoisotopic (exact) mass is 502 g/mol. The number of fused-ring (bicyclic) bond motifs is 1. The third-order valence-corrected chi connectivity index (χ3v) is 6.22. The molecular weight excluding hydrogens is 472 g/mol. The summed E-state index contributed by atoms with van der Waals surface area (Å²) in [6.07, 6.45) is -5.68. The Morgan fingerprint density at radius 3 is 2.37 bits per heavy atom. The minimum atomic E-state index is -1.66. The van der Waals surface area contributed by atoms with Gasteiger partial charge in [-0.05, 0) is 12.0 Å². The Hall–Kier alpha value is -2.55. The lowest BCUT2D eigenvalue weighted by molar-refractivity contribution is -0.339. The Balaban J connectivity index is 1.74. The molecule has 1 saturated heterocycles. The second kappa shape index (κ2) is 11.9. The van der Waals surface area contributed by atoms with Crippen molar-refractivity contribution in [3.8, 4) is 0 Å². The molecule has 0 saturated carbocycles. The van der Waals surface area contributed by atoms with E-state index in [1.165, 1.54) is 20.5 Å². The van der Waals surface area contributed by atoms with Crippen molar-refractivity contribution in [2.45, 2.75) is 56.3 Å². The number of allylic oxidation sites excluding steroid dienone is 1. The van der Waals surface area contributed by atoms with E-state index in [2.05, 4.69) is 4.74 Å². The summed E-state index contributed by atoms with van der Waals surface area (Å²) in [5.41, 5.74) is 0.792. The number of methoxy groups -OCH3 is 2. The molecule has 13 heteroatoms. The summed E-state index contributed by atoms with van der Waals surface area (Å²) in [6, 6.07) is 0. The van der Waals surface area contributed by atoms with Gasteiger partial charge in [-0.25, -0.2) is 4.79 Å². The van der Waals surface area contributed by atoms with Crippen molar-refractivity contribution < 1.29 is 63.2 Å². The summed E-state index contributed by atoms with van der Waals surface area (Å²) in [5.74, 6) is -2.92. The predicted octanol–water partition coefficient (Wildman–Crippen LogP) is -1.72. The summed E-state index contributed by atoms with van der Waals surface area (Å²) < 4.78 is 31.4. The Morgan fingerprint density at radius 2 is 1.71 bits per heavy atom. The number of carbonyl (C=O) groups is 3. The van der Waals surface area contributed by atoms with Crippen molar-refractivity contribution >= 4 is 17.9 Å². The zero-order valence-corrected chi connectivity index (χ0v) is 19.3. The molecule has 0 aromatic heterocycles. The molecule has 4 N–H and O–H groups in total. The quantitative estimate of drug-likeness (QED) is 0.158. The fourth-order valence-electron chi connectivity index (χ4n) is 4.26. The maximum absolute atomic E-state index is 12.3. The molecule has 0 unspecified atom stereocenters. The van der Waals surface area contributed by atoms with Crippen LogP contribution in [0.15, 0.2) is 23.5 Å². The summed E-state index contributed by atoms with van der Waals surface area (Å²) in [7, 11) is 2.43. The summed E-state index contributed by atoms with van der Waals surface area (Å²) in [6.45, 7) is -0.811. The van der Waals surface area contributed by atoms with Crippen molar-refractivity contribution in [1.82, 2.24) is 0 Å². The second-order valence-corrected chi connectivity index (χ2v) is 8.29. The molecular formula is C22H30O13. The average molecular weight is 502 g/mol. The van der Waals surface area contributed by atoms with E-state index in [1.54, 1.807) is 6.08 Å². The molecule has 2 aliphatic heterocycles. The molecule has 3 rings (SSSR count). The summed E-state index contributed by atoms with van der Waals surface area (Å²) in [5, 5.41) is 39.8. The lowest BCUT2D eigenvalue weighted by Crippen LogP contribution is -2.60. The summed E-state index contributed by atoms with van der Waals surface area (Å²) in [4.78, 5) is 35.5. The van der Waals surface area contributed by atoms with E-state index in [4.69, 9.17) is 23.7 Å². The SMILES string of the molecule is COC(=O)CCC(=O)OCC1=CC[C@@H]2C(C(=O)OC)=CO[C@@H](O[C@@H]3O[C@H](CO)[C@@H](O)[C@H](O)[C@H]3O)[C@H]12. The lowest BCUT2D eigenvalue weighted by Gasteiger charge is -2.42. The van der Waals surface area contributed by atoms with Gasteiger partial charge in [-0.3, -0.25) is 9.59 Å². The average Bonchev–Trinajstić information content (AvgIpc) is 3.30. The van der Waals surface area contributed by atoms with E-state index < -0.39 is 73.3 Å². The number of aliphatic hydroxyl groups is 4. The Morgan fingerprint density at radius 1 is 1.00 bits per heavy atom.